The average molecular weight is 290 g/mol. The van der Waals surface area contributed by atoms with E-state index in [0.717, 1.165) is 6.42 Å². The molecular weight excluding hydrogens is 275 g/mol. The summed E-state index contributed by atoms with van der Waals surface area (Å²) in [5.74, 6) is 0.405. The van der Waals surface area contributed by atoms with E-state index in [0.29, 0.717) is 23.9 Å². The number of anilines is 3. The Hall–Kier alpha value is -2.70. The van der Waals surface area contributed by atoms with Crippen LogP contribution < -0.4 is 10.6 Å². The predicted octanol–water partition coefficient (Wildman–Crippen LogP) is 3.69. The topological polar surface area (TPSA) is 80.1 Å². The molecule has 0 aliphatic rings. The number of nitrogens with one attached hydrogen (secondary N) is 2. The van der Waals surface area contributed by atoms with Crippen LogP contribution in [0.5, 0.6) is 0 Å². The molecule has 0 amide bonds. The fourth-order valence-corrected chi connectivity index (χ4v) is 1.71. The Bertz CT molecular complexity index is 631. The lowest BCUT2D eigenvalue weighted by Crippen LogP contribution is -2.05. The molecule has 2 N–H and O–H groups in total. The average Bonchev–Trinajstić information content (AvgIpc) is 2.47. The minimum atomic E-state index is -0.478. The van der Waals surface area contributed by atoms with Gasteiger partial charge in [0, 0.05) is 12.2 Å². The Kier molecular flexibility index (Phi) is 4.65. The van der Waals surface area contributed by atoms with Crippen molar-refractivity contribution >= 4 is 23.0 Å². The molecule has 0 saturated carbocycles. The van der Waals surface area contributed by atoms with Crippen molar-refractivity contribution in [3.05, 3.63) is 52.3 Å². The molecule has 0 unspecified atom stereocenters. The number of benzene rings is 1. The Morgan fingerprint density at radius 2 is 1.90 bits per heavy atom. The van der Waals surface area contributed by atoms with Crippen molar-refractivity contribution < 1.29 is 9.31 Å². The molecule has 1 heterocycles. The van der Waals surface area contributed by atoms with Gasteiger partial charge in [0.1, 0.15) is 17.5 Å². The van der Waals surface area contributed by atoms with Crippen LogP contribution in [-0.2, 0) is 0 Å². The first kappa shape index (κ1) is 14.7. The quantitative estimate of drug-likeness (QED) is 0.626. The summed E-state index contributed by atoms with van der Waals surface area (Å²) in [6.07, 6.45) is 0.880. The highest BCUT2D eigenvalue weighted by Gasteiger charge is 2.11. The molecule has 1 aromatic heterocycles. The largest absolute Gasteiger partial charge is 0.370 e. The highest BCUT2D eigenvalue weighted by molar-refractivity contribution is 5.62. The summed E-state index contributed by atoms with van der Waals surface area (Å²) in [5, 5.41) is 16.9. The summed E-state index contributed by atoms with van der Waals surface area (Å²) >= 11 is 0. The van der Waals surface area contributed by atoms with Gasteiger partial charge < -0.3 is 10.6 Å². The van der Waals surface area contributed by atoms with Crippen LogP contribution in [0.3, 0.4) is 0 Å². The number of halogens is 1. The first-order valence-electron chi connectivity index (χ1n) is 6.51. The maximum Gasteiger partial charge on any atom is 0.276 e. The van der Waals surface area contributed by atoms with E-state index in [4.69, 9.17) is 0 Å². The van der Waals surface area contributed by atoms with Gasteiger partial charge in [-0.3, -0.25) is 10.1 Å². The van der Waals surface area contributed by atoms with Gasteiger partial charge in [0.2, 0.25) is 0 Å². The van der Waals surface area contributed by atoms with Crippen LogP contribution in [0.4, 0.5) is 27.4 Å². The van der Waals surface area contributed by atoms with Crippen LogP contribution in [0.2, 0.25) is 0 Å². The number of nitro groups is 1. The van der Waals surface area contributed by atoms with Crippen LogP contribution in [0.1, 0.15) is 13.3 Å². The zero-order chi connectivity index (χ0) is 15.2. The van der Waals surface area contributed by atoms with Gasteiger partial charge in [-0.2, -0.15) is 0 Å². The zero-order valence-corrected chi connectivity index (χ0v) is 11.5. The lowest BCUT2D eigenvalue weighted by Gasteiger charge is -2.09. The van der Waals surface area contributed by atoms with Gasteiger partial charge in [-0.05, 0) is 30.7 Å². The molecule has 0 saturated heterocycles. The van der Waals surface area contributed by atoms with Crippen LogP contribution in [-0.4, -0.2) is 16.5 Å². The van der Waals surface area contributed by atoms with Crippen LogP contribution in [0.25, 0.3) is 0 Å². The second-order valence-corrected chi connectivity index (χ2v) is 4.41. The molecule has 0 spiro atoms. The van der Waals surface area contributed by atoms with Crippen molar-refractivity contribution in [1.29, 1.82) is 0 Å². The maximum absolute atomic E-state index is 12.9. The number of aromatic nitrogens is 1. The molecule has 110 valence electrons. The summed E-state index contributed by atoms with van der Waals surface area (Å²) < 4.78 is 12.9. The van der Waals surface area contributed by atoms with Crippen LogP contribution in [0.15, 0.2) is 36.4 Å². The first-order valence-corrected chi connectivity index (χ1v) is 6.51. The number of hydrogen-bond acceptors (Lipinski definition) is 5. The van der Waals surface area contributed by atoms with Crippen molar-refractivity contribution in [1.82, 2.24) is 4.98 Å². The van der Waals surface area contributed by atoms with Gasteiger partial charge >= 0.3 is 0 Å². The number of hydrogen-bond donors (Lipinski definition) is 2. The number of nitrogens with zero attached hydrogens (tertiary/aromatic N) is 2. The van der Waals surface area contributed by atoms with Gasteiger partial charge in [-0.1, -0.05) is 6.92 Å². The van der Waals surface area contributed by atoms with Gasteiger partial charge in [-0.15, -0.1) is 0 Å². The summed E-state index contributed by atoms with van der Waals surface area (Å²) in [6, 6.07) is 8.39. The standard InChI is InChI=1S/C14H15FN4O2/c1-2-7-16-13-8-12(19(20)21)9-14(18-13)17-11-5-3-10(15)4-6-11/h3-6,8-9H,2,7H2,1H3,(H2,16,17,18). The molecule has 0 aliphatic heterocycles. The third kappa shape index (κ3) is 4.13. The second kappa shape index (κ2) is 6.65. The van der Waals surface area contributed by atoms with Crippen molar-refractivity contribution in [3.8, 4) is 0 Å². The molecule has 7 heteroatoms. The Balaban J connectivity index is 2.26. The summed E-state index contributed by atoms with van der Waals surface area (Å²) in [7, 11) is 0. The van der Waals surface area contributed by atoms with Crippen LogP contribution >= 0.6 is 0 Å². The molecular formula is C14H15FN4O2. The summed E-state index contributed by atoms with van der Waals surface area (Å²) in [6.45, 7) is 2.66. The molecule has 0 bridgehead atoms. The fourth-order valence-electron chi connectivity index (χ4n) is 1.71. The highest BCUT2D eigenvalue weighted by atomic mass is 19.1. The van der Waals surface area contributed by atoms with E-state index in [1.54, 1.807) is 0 Å². The van der Waals surface area contributed by atoms with E-state index >= 15 is 0 Å². The smallest absolute Gasteiger partial charge is 0.276 e. The highest BCUT2D eigenvalue weighted by Crippen LogP contribution is 2.23. The maximum atomic E-state index is 12.9. The Labute approximate surface area is 121 Å². The van der Waals surface area contributed by atoms with Gasteiger partial charge in [0.15, 0.2) is 0 Å². The second-order valence-electron chi connectivity index (χ2n) is 4.41. The Morgan fingerprint density at radius 1 is 1.24 bits per heavy atom. The third-order valence-corrected chi connectivity index (χ3v) is 2.69. The SMILES string of the molecule is CCCNc1cc([N+](=O)[O-])cc(Nc2ccc(F)cc2)n1. The van der Waals surface area contributed by atoms with E-state index in [9.17, 15) is 14.5 Å². The minimum Gasteiger partial charge on any atom is -0.370 e. The lowest BCUT2D eigenvalue weighted by molar-refractivity contribution is -0.384. The predicted molar refractivity (Wildman–Crippen MR) is 79.4 cm³/mol. The lowest BCUT2D eigenvalue weighted by atomic mass is 10.3. The van der Waals surface area contributed by atoms with Crippen LogP contribution in [0, 0.1) is 15.9 Å². The van der Waals surface area contributed by atoms with E-state index < -0.39 is 4.92 Å². The normalized spacial score (nSPS) is 10.2. The first-order chi connectivity index (χ1) is 10.1. The molecule has 2 aromatic rings. The minimum absolute atomic E-state index is 0.0618. The van der Waals surface area contributed by atoms with Gasteiger partial charge in [-0.25, -0.2) is 9.37 Å². The monoisotopic (exact) mass is 290 g/mol. The van der Waals surface area contributed by atoms with Crippen molar-refractivity contribution in [2.24, 2.45) is 0 Å². The van der Waals surface area contributed by atoms with Gasteiger partial charge in [0.05, 0.1) is 17.1 Å². The molecule has 0 fully saturated rings. The summed E-state index contributed by atoms with van der Waals surface area (Å²) in [5.41, 5.74) is 0.541. The van der Waals surface area contributed by atoms with E-state index in [1.165, 1.54) is 36.4 Å². The molecule has 0 atom stereocenters. The van der Waals surface area contributed by atoms with Crippen molar-refractivity contribution in [3.63, 3.8) is 0 Å². The van der Waals surface area contributed by atoms with E-state index in [1.807, 2.05) is 6.92 Å². The fraction of sp³-hybridized carbons (Fsp3) is 0.214. The summed E-state index contributed by atoms with van der Waals surface area (Å²) in [4.78, 5) is 14.7. The van der Waals surface area contributed by atoms with Crippen molar-refractivity contribution in [2.75, 3.05) is 17.2 Å². The zero-order valence-electron chi connectivity index (χ0n) is 11.5. The van der Waals surface area contributed by atoms with Gasteiger partial charge in [0.25, 0.3) is 5.69 Å². The van der Waals surface area contributed by atoms with E-state index in [2.05, 4.69) is 15.6 Å². The molecule has 0 radical (unpaired) electrons. The molecule has 21 heavy (non-hydrogen) atoms. The number of rotatable bonds is 6. The third-order valence-electron chi connectivity index (χ3n) is 2.69. The molecule has 0 aliphatic carbocycles. The van der Waals surface area contributed by atoms with E-state index in [-0.39, 0.29) is 11.5 Å². The van der Waals surface area contributed by atoms with Crippen molar-refractivity contribution in [2.45, 2.75) is 13.3 Å². The Morgan fingerprint density at radius 3 is 2.52 bits per heavy atom. The number of pyridine rings is 1. The molecule has 6 nitrogen and oxygen atoms in total. The molecule has 2 rings (SSSR count). The molecule has 1 aromatic carbocycles.